The Morgan fingerprint density at radius 2 is 2.08 bits per heavy atom. The molecule has 66 valence electrons. The van der Waals surface area contributed by atoms with Gasteiger partial charge in [-0.15, -0.1) is 0 Å². The van der Waals surface area contributed by atoms with Crippen molar-refractivity contribution in [1.29, 1.82) is 0 Å². The first kappa shape index (κ1) is 8.10. The summed E-state index contributed by atoms with van der Waals surface area (Å²) < 4.78 is 0. The fraction of sp³-hybridized carbons (Fsp3) is 0.300. The van der Waals surface area contributed by atoms with Crippen LogP contribution < -0.4 is 0 Å². The number of hydrogen-bond acceptors (Lipinski definition) is 3. The van der Waals surface area contributed by atoms with Crippen molar-refractivity contribution in [3.8, 4) is 0 Å². The van der Waals surface area contributed by atoms with Crippen LogP contribution >= 0.6 is 0 Å². The zero-order valence-corrected chi connectivity index (χ0v) is 7.06. The normalized spacial score (nSPS) is 19.5. The minimum atomic E-state index is 0.0821. The molecule has 3 nitrogen and oxygen atoms in total. The number of hydrogen-bond donors (Lipinski definition) is 0. The lowest BCUT2D eigenvalue weighted by molar-refractivity contribution is -0.110. The number of carbonyl (C=O) groups is 2. The molecule has 0 aromatic carbocycles. The maximum atomic E-state index is 10.5. The molecule has 0 amide bonds. The van der Waals surface area contributed by atoms with Crippen molar-refractivity contribution in [3.05, 3.63) is 29.1 Å². The lowest BCUT2D eigenvalue weighted by Crippen LogP contribution is -1.99. The van der Waals surface area contributed by atoms with E-state index in [1.807, 2.05) is 0 Å². The van der Waals surface area contributed by atoms with E-state index in [4.69, 9.17) is 0 Å². The minimum Gasteiger partial charge on any atom is -0.303 e. The van der Waals surface area contributed by atoms with Gasteiger partial charge in [0.25, 0.3) is 0 Å². The second-order valence-electron chi connectivity index (χ2n) is 3.30. The summed E-state index contributed by atoms with van der Waals surface area (Å²) in [5, 5.41) is 0. The number of pyridine rings is 1. The number of rotatable bonds is 2. The van der Waals surface area contributed by atoms with Gasteiger partial charge in [-0.3, -0.25) is 9.78 Å². The van der Waals surface area contributed by atoms with E-state index in [1.165, 1.54) is 0 Å². The number of nitrogens with zero attached hydrogens (tertiary/aromatic N) is 1. The molecule has 1 aromatic rings. The summed E-state index contributed by atoms with van der Waals surface area (Å²) in [4.78, 5) is 24.9. The van der Waals surface area contributed by atoms with E-state index < -0.39 is 0 Å². The average molecular weight is 175 g/mol. The number of carbonyl (C=O) groups excluding carboxylic acids is 2. The van der Waals surface area contributed by atoms with Gasteiger partial charge in [0.1, 0.15) is 12.0 Å². The third-order valence-corrected chi connectivity index (χ3v) is 2.38. The van der Waals surface area contributed by atoms with Gasteiger partial charge in [0.2, 0.25) is 0 Å². The van der Waals surface area contributed by atoms with Crippen LogP contribution in [-0.2, 0) is 17.6 Å². The average Bonchev–Trinajstić information content (AvgIpc) is 2.58. The van der Waals surface area contributed by atoms with Crippen LogP contribution in [-0.4, -0.2) is 17.6 Å². The molecule has 0 bridgehead atoms. The van der Waals surface area contributed by atoms with Crippen LogP contribution in [0.3, 0.4) is 0 Å². The van der Waals surface area contributed by atoms with Gasteiger partial charge in [-0.25, -0.2) is 0 Å². The molecule has 0 saturated carbocycles. The van der Waals surface area contributed by atoms with Crippen LogP contribution in [0.2, 0.25) is 0 Å². The van der Waals surface area contributed by atoms with Gasteiger partial charge in [0.15, 0.2) is 6.29 Å². The lowest BCUT2D eigenvalue weighted by atomic mass is 10.1. The van der Waals surface area contributed by atoms with Crippen molar-refractivity contribution in [2.45, 2.75) is 12.8 Å². The third-order valence-electron chi connectivity index (χ3n) is 2.38. The highest BCUT2D eigenvalue weighted by Crippen LogP contribution is 2.24. The summed E-state index contributed by atoms with van der Waals surface area (Å²) in [6.07, 6.45) is 4.92. The highest BCUT2D eigenvalue weighted by Gasteiger charge is 2.21. The molecule has 13 heavy (non-hydrogen) atoms. The van der Waals surface area contributed by atoms with Gasteiger partial charge in [0, 0.05) is 12.1 Å². The molecular weight excluding hydrogens is 166 g/mol. The summed E-state index contributed by atoms with van der Waals surface area (Å²) in [6.45, 7) is 0. The maximum absolute atomic E-state index is 10.5. The molecule has 1 aliphatic rings. The zero-order chi connectivity index (χ0) is 9.26. The minimum absolute atomic E-state index is 0.0821. The van der Waals surface area contributed by atoms with Crippen molar-refractivity contribution in [2.24, 2.45) is 5.92 Å². The van der Waals surface area contributed by atoms with Crippen molar-refractivity contribution < 1.29 is 9.59 Å². The molecule has 0 aliphatic heterocycles. The topological polar surface area (TPSA) is 47.0 Å². The predicted molar refractivity (Wildman–Crippen MR) is 46.6 cm³/mol. The van der Waals surface area contributed by atoms with Crippen molar-refractivity contribution >= 4 is 12.6 Å². The molecule has 0 saturated heterocycles. The SMILES string of the molecule is O=Cc1cc2c(cn1)CC(C=O)C2. The number of aromatic nitrogens is 1. The molecule has 0 radical (unpaired) electrons. The Morgan fingerprint density at radius 3 is 2.77 bits per heavy atom. The van der Waals surface area contributed by atoms with E-state index in [2.05, 4.69) is 4.98 Å². The van der Waals surface area contributed by atoms with Crippen molar-refractivity contribution in [2.75, 3.05) is 0 Å². The quantitative estimate of drug-likeness (QED) is 0.625. The number of fused-ring (bicyclic) bond motifs is 1. The first-order valence-corrected chi connectivity index (χ1v) is 4.21. The summed E-state index contributed by atoms with van der Waals surface area (Å²) in [7, 11) is 0. The second-order valence-corrected chi connectivity index (χ2v) is 3.30. The summed E-state index contributed by atoms with van der Waals surface area (Å²) in [5.74, 6) is 0.0821. The van der Waals surface area contributed by atoms with Gasteiger partial charge >= 0.3 is 0 Å². The van der Waals surface area contributed by atoms with Gasteiger partial charge in [-0.05, 0) is 30.0 Å². The van der Waals surface area contributed by atoms with E-state index in [1.54, 1.807) is 12.3 Å². The first-order valence-electron chi connectivity index (χ1n) is 4.21. The van der Waals surface area contributed by atoms with Crippen LogP contribution in [0.5, 0.6) is 0 Å². The molecule has 2 rings (SSSR count). The van der Waals surface area contributed by atoms with Crippen LogP contribution in [0.4, 0.5) is 0 Å². The fourth-order valence-electron chi connectivity index (χ4n) is 1.72. The molecule has 1 aromatic heterocycles. The van der Waals surface area contributed by atoms with Crippen LogP contribution in [0, 0.1) is 5.92 Å². The standard InChI is InChI=1S/C10H9NO2/c12-5-7-1-8-3-10(6-13)11-4-9(8)2-7/h3-7H,1-2H2. The largest absolute Gasteiger partial charge is 0.303 e. The van der Waals surface area contributed by atoms with E-state index >= 15 is 0 Å². The molecular formula is C10H9NO2. The van der Waals surface area contributed by atoms with Gasteiger partial charge in [0.05, 0.1) is 0 Å². The van der Waals surface area contributed by atoms with E-state index in [-0.39, 0.29) is 5.92 Å². The molecule has 0 N–H and O–H groups in total. The first-order chi connectivity index (χ1) is 6.33. The maximum Gasteiger partial charge on any atom is 0.168 e. The van der Waals surface area contributed by atoms with Crippen molar-refractivity contribution in [1.82, 2.24) is 4.98 Å². The molecule has 0 spiro atoms. The van der Waals surface area contributed by atoms with E-state index in [0.29, 0.717) is 5.69 Å². The van der Waals surface area contributed by atoms with Crippen LogP contribution in [0.15, 0.2) is 12.3 Å². The zero-order valence-electron chi connectivity index (χ0n) is 7.06. The van der Waals surface area contributed by atoms with Gasteiger partial charge in [-0.2, -0.15) is 0 Å². The Kier molecular flexibility index (Phi) is 1.93. The molecule has 1 aliphatic carbocycles. The van der Waals surface area contributed by atoms with E-state index in [0.717, 1.165) is 36.5 Å². The Bertz CT molecular complexity index is 360. The molecule has 3 heteroatoms. The van der Waals surface area contributed by atoms with Gasteiger partial charge in [-0.1, -0.05) is 0 Å². The fourth-order valence-corrected chi connectivity index (χ4v) is 1.72. The molecule has 1 atom stereocenters. The third kappa shape index (κ3) is 1.37. The second kappa shape index (κ2) is 3.09. The summed E-state index contributed by atoms with van der Waals surface area (Å²) in [6, 6.07) is 1.77. The molecule has 0 fully saturated rings. The van der Waals surface area contributed by atoms with E-state index in [9.17, 15) is 9.59 Å². The smallest absolute Gasteiger partial charge is 0.168 e. The Balaban J connectivity index is 2.35. The Labute approximate surface area is 75.8 Å². The lowest BCUT2D eigenvalue weighted by Gasteiger charge is -1.96. The Hall–Kier alpha value is -1.51. The highest BCUT2D eigenvalue weighted by atomic mass is 16.1. The number of aldehydes is 2. The van der Waals surface area contributed by atoms with Crippen molar-refractivity contribution in [3.63, 3.8) is 0 Å². The van der Waals surface area contributed by atoms with Crippen LogP contribution in [0.25, 0.3) is 0 Å². The molecule has 1 unspecified atom stereocenters. The molecule has 1 heterocycles. The van der Waals surface area contributed by atoms with Crippen LogP contribution in [0.1, 0.15) is 21.6 Å². The monoisotopic (exact) mass is 175 g/mol. The summed E-state index contributed by atoms with van der Waals surface area (Å²) >= 11 is 0. The Morgan fingerprint density at radius 1 is 1.31 bits per heavy atom. The van der Waals surface area contributed by atoms with Gasteiger partial charge < -0.3 is 4.79 Å². The predicted octanol–water partition coefficient (Wildman–Crippen LogP) is 0.808. The highest BCUT2D eigenvalue weighted by molar-refractivity contribution is 5.72. The summed E-state index contributed by atoms with van der Waals surface area (Å²) in [5.41, 5.74) is 2.64.